The number of pyridine rings is 1. The summed E-state index contributed by atoms with van der Waals surface area (Å²) < 4.78 is 1.78. The number of nitrogens with zero attached hydrogens (tertiary/aromatic N) is 4. The first-order valence-corrected chi connectivity index (χ1v) is 4.95. The van der Waals surface area contributed by atoms with Gasteiger partial charge in [-0.15, -0.1) is 0 Å². The molecule has 3 heterocycles. The second kappa shape index (κ2) is 3.05. The maximum Gasteiger partial charge on any atom is 0.166 e. The van der Waals surface area contributed by atoms with Crippen LogP contribution in [0.2, 0.25) is 0 Å². The highest BCUT2D eigenvalue weighted by Crippen LogP contribution is 2.10. The Morgan fingerprint density at radius 2 is 2.40 bits per heavy atom. The van der Waals surface area contributed by atoms with Crippen LogP contribution in [0.3, 0.4) is 0 Å². The van der Waals surface area contributed by atoms with E-state index in [9.17, 15) is 0 Å². The second-order valence-electron chi connectivity index (χ2n) is 3.51. The molecule has 1 N–H and O–H groups in total. The highest BCUT2D eigenvalue weighted by molar-refractivity contribution is 6.04. The highest BCUT2D eigenvalue weighted by atomic mass is 15.3. The van der Waals surface area contributed by atoms with Crippen LogP contribution < -0.4 is 5.32 Å². The van der Waals surface area contributed by atoms with E-state index in [0.717, 1.165) is 36.0 Å². The van der Waals surface area contributed by atoms with Crippen molar-refractivity contribution in [2.45, 2.75) is 6.92 Å². The Bertz CT molecular complexity index is 540. The van der Waals surface area contributed by atoms with Gasteiger partial charge >= 0.3 is 0 Å². The van der Waals surface area contributed by atoms with Crippen molar-refractivity contribution in [1.82, 2.24) is 19.9 Å². The fourth-order valence-corrected chi connectivity index (χ4v) is 1.78. The summed E-state index contributed by atoms with van der Waals surface area (Å²) in [6.07, 6.45) is 1.90. The van der Waals surface area contributed by atoms with Gasteiger partial charge < -0.3 is 5.32 Å². The van der Waals surface area contributed by atoms with Gasteiger partial charge in [0.15, 0.2) is 5.65 Å². The van der Waals surface area contributed by atoms with Crippen LogP contribution in [0.5, 0.6) is 0 Å². The van der Waals surface area contributed by atoms with Crippen molar-refractivity contribution in [2.75, 3.05) is 13.1 Å². The first-order chi connectivity index (χ1) is 7.34. The van der Waals surface area contributed by atoms with Crippen molar-refractivity contribution >= 4 is 11.5 Å². The number of aliphatic imine (C=N–C) groups is 1. The smallest absolute Gasteiger partial charge is 0.166 e. The molecule has 15 heavy (non-hydrogen) atoms. The molecule has 5 nitrogen and oxygen atoms in total. The van der Waals surface area contributed by atoms with E-state index in [-0.39, 0.29) is 0 Å². The molecule has 5 heteroatoms. The Kier molecular flexibility index (Phi) is 1.71. The first-order valence-electron chi connectivity index (χ1n) is 4.95. The molecule has 0 atom stereocenters. The summed E-state index contributed by atoms with van der Waals surface area (Å²) >= 11 is 0. The van der Waals surface area contributed by atoms with E-state index in [1.165, 1.54) is 0 Å². The number of fused-ring (bicyclic) bond motifs is 1. The zero-order valence-electron chi connectivity index (χ0n) is 8.44. The third-order valence-electron chi connectivity index (χ3n) is 2.40. The minimum absolute atomic E-state index is 0.779. The lowest BCUT2D eigenvalue weighted by molar-refractivity contribution is 0.928. The molecule has 0 aliphatic carbocycles. The van der Waals surface area contributed by atoms with Crippen LogP contribution in [0.4, 0.5) is 0 Å². The molecule has 3 rings (SSSR count). The van der Waals surface area contributed by atoms with Gasteiger partial charge in [-0.1, -0.05) is 0 Å². The molecular formula is C10H11N5. The maximum atomic E-state index is 4.39. The van der Waals surface area contributed by atoms with Crippen LogP contribution >= 0.6 is 0 Å². The Hall–Kier alpha value is -1.91. The molecule has 0 fully saturated rings. The van der Waals surface area contributed by atoms with Gasteiger partial charge in [0.05, 0.1) is 12.1 Å². The van der Waals surface area contributed by atoms with Gasteiger partial charge in [0.25, 0.3) is 0 Å². The van der Waals surface area contributed by atoms with Crippen LogP contribution in [0.15, 0.2) is 23.3 Å². The Morgan fingerprint density at radius 3 is 3.20 bits per heavy atom. The zero-order valence-corrected chi connectivity index (χ0v) is 8.44. The van der Waals surface area contributed by atoms with E-state index < -0.39 is 0 Å². The lowest BCUT2D eigenvalue weighted by Crippen LogP contribution is -2.20. The van der Waals surface area contributed by atoms with E-state index in [1.807, 2.05) is 25.3 Å². The molecule has 0 spiro atoms. The predicted molar refractivity (Wildman–Crippen MR) is 57.1 cm³/mol. The average Bonchev–Trinajstić information content (AvgIpc) is 2.82. The zero-order chi connectivity index (χ0) is 10.3. The second-order valence-corrected chi connectivity index (χ2v) is 3.51. The summed E-state index contributed by atoms with van der Waals surface area (Å²) in [7, 11) is 0. The summed E-state index contributed by atoms with van der Waals surface area (Å²) in [6, 6.07) is 3.97. The summed E-state index contributed by atoms with van der Waals surface area (Å²) in [5.41, 5.74) is 1.89. The lowest BCUT2D eigenvalue weighted by Gasteiger charge is -2.02. The molecule has 76 valence electrons. The molecule has 2 aromatic rings. The molecule has 0 unspecified atom stereocenters. The van der Waals surface area contributed by atoms with Gasteiger partial charge in [-0.05, 0) is 19.1 Å². The van der Waals surface area contributed by atoms with E-state index in [2.05, 4.69) is 20.4 Å². The molecule has 2 aromatic heterocycles. The Labute approximate surface area is 86.9 Å². The lowest BCUT2D eigenvalue weighted by atomic mass is 10.2. The van der Waals surface area contributed by atoms with Crippen molar-refractivity contribution in [1.29, 1.82) is 0 Å². The number of aromatic nitrogens is 3. The number of aryl methyl sites for hydroxylation is 1. The van der Waals surface area contributed by atoms with E-state index in [1.54, 1.807) is 4.52 Å². The predicted octanol–water partition coefficient (Wildman–Crippen LogP) is 0.388. The summed E-state index contributed by atoms with van der Waals surface area (Å²) in [4.78, 5) is 8.78. The average molecular weight is 201 g/mol. The first kappa shape index (κ1) is 8.40. The third-order valence-corrected chi connectivity index (χ3v) is 2.40. The molecule has 0 saturated carbocycles. The van der Waals surface area contributed by atoms with Crippen molar-refractivity contribution < 1.29 is 0 Å². The van der Waals surface area contributed by atoms with Crippen LogP contribution in [-0.2, 0) is 0 Å². The summed E-state index contributed by atoms with van der Waals surface area (Å²) in [5.74, 6) is 1.70. The number of hydrogen-bond acceptors (Lipinski definition) is 4. The van der Waals surface area contributed by atoms with Gasteiger partial charge in [-0.25, -0.2) is 9.50 Å². The molecule has 0 saturated heterocycles. The van der Waals surface area contributed by atoms with E-state index in [4.69, 9.17) is 0 Å². The van der Waals surface area contributed by atoms with Crippen molar-refractivity contribution in [3.8, 4) is 0 Å². The Balaban J connectivity index is 2.25. The number of amidine groups is 1. The fourth-order valence-electron chi connectivity index (χ4n) is 1.78. The van der Waals surface area contributed by atoms with Crippen molar-refractivity contribution in [3.63, 3.8) is 0 Å². The van der Waals surface area contributed by atoms with Gasteiger partial charge in [0, 0.05) is 12.7 Å². The monoisotopic (exact) mass is 201 g/mol. The number of nitrogens with one attached hydrogen (secondary N) is 1. The van der Waals surface area contributed by atoms with Crippen molar-refractivity contribution in [2.24, 2.45) is 4.99 Å². The summed E-state index contributed by atoms with van der Waals surface area (Å²) in [5, 5.41) is 7.51. The van der Waals surface area contributed by atoms with Crippen molar-refractivity contribution in [3.05, 3.63) is 29.7 Å². The number of rotatable bonds is 1. The van der Waals surface area contributed by atoms with Crippen LogP contribution in [0.1, 0.15) is 11.4 Å². The van der Waals surface area contributed by atoms with Crippen LogP contribution in [-0.4, -0.2) is 33.5 Å². The molecule has 0 bridgehead atoms. The number of hydrogen-bond donors (Lipinski definition) is 1. The van der Waals surface area contributed by atoms with Crippen LogP contribution in [0, 0.1) is 6.92 Å². The molecule has 0 aromatic carbocycles. The fraction of sp³-hybridized carbons (Fsp3) is 0.300. The summed E-state index contributed by atoms with van der Waals surface area (Å²) in [6.45, 7) is 3.63. The molecule has 0 radical (unpaired) electrons. The SMILES string of the molecule is Cc1nc2c(C3=NCCN3)cccn2n1. The third kappa shape index (κ3) is 1.27. The largest absolute Gasteiger partial charge is 0.368 e. The molecule has 1 aliphatic rings. The molecule has 1 aliphatic heterocycles. The molecular weight excluding hydrogens is 190 g/mol. The van der Waals surface area contributed by atoms with Gasteiger partial charge in [-0.3, -0.25) is 4.99 Å². The van der Waals surface area contributed by atoms with Gasteiger partial charge in [0.2, 0.25) is 0 Å². The molecule has 0 amide bonds. The minimum atomic E-state index is 0.779. The van der Waals surface area contributed by atoms with E-state index >= 15 is 0 Å². The minimum Gasteiger partial charge on any atom is -0.368 e. The quantitative estimate of drug-likeness (QED) is 0.726. The van der Waals surface area contributed by atoms with Gasteiger partial charge in [0.1, 0.15) is 11.7 Å². The standard InChI is InChI=1S/C10H11N5/c1-7-13-10-8(9-11-4-5-12-9)3-2-6-15(10)14-7/h2-3,6H,4-5H2,1H3,(H,11,12). The van der Waals surface area contributed by atoms with Gasteiger partial charge in [-0.2, -0.15) is 5.10 Å². The normalized spacial score (nSPS) is 15.4. The topological polar surface area (TPSA) is 54.6 Å². The van der Waals surface area contributed by atoms with E-state index in [0.29, 0.717) is 0 Å². The maximum absolute atomic E-state index is 4.39. The Morgan fingerprint density at radius 1 is 1.47 bits per heavy atom. The highest BCUT2D eigenvalue weighted by Gasteiger charge is 2.13. The van der Waals surface area contributed by atoms with Crippen LogP contribution in [0.25, 0.3) is 5.65 Å².